The lowest BCUT2D eigenvalue weighted by Crippen LogP contribution is -2.53. The van der Waals surface area contributed by atoms with Gasteiger partial charge in [-0.05, 0) is 27.0 Å². The van der Waals surface area contributed by atoms with Crippen LogP contribution in [0.3, 0.4) is 0 Å². The molecule has 0 saturated carbocycles. The van der Waals surface area contributed by atoms with Gasteiger partial charge in [-0.15, -0.1) is 24.0 Å². The number of guanidine groups is 1. The van der Waals surface area contributed by atoms with Gasteiger partial charge in [0.1, 0.15) is 5.76 Å². The van der Waals surface area contributed by atoms with Crippen molar-refractivity contribution in [2.45, 2.75) is 32.1 Å². The molecule has 0 unspecified atom stereocenters. The second-order valence-corrected chi connectivity index (χ2v) is 8.07. The topological polar surface area (TPSA) is 56.9 Å². The molecule has 1 aromatic rings. The molecule has 0 amide bonds. The molecule has 0 spiro atoms. The Morgan fingerprint density at radius 3 is 2.54 bits per heavy atom. The summed E-state index contributed by atoms with van der Waals surface area (Å²) in [4.78, 5) is 9.18. The zero-order valence-electron chi connectivity index (χ0n) is 15.3. The fourth-order valence-electron chi connectivity index (χ4n) is 2.54. The van der Waals surface area contributed by atoms with E-state index in [1.54, 1.807) is 0 Å². The van der Waals surface area contributed by atoms with Crippen LogP contribution in [0, 0.1) is 6.92 Å². The Morgan fingerprint density at radius 2 is 2.04 bits per heavy atom. The van der Waals surface area contributed by atoms with E-state index in [0.717, 1.165) is 56.7 Å². The molecule has 1 aliphatic rings. The standard InChI is InChI=1S/C16H29N5OS.HI/c1-13-10-14(19-22-13)11-20-6-8-21(9-7-20)15(17-4)18-12-16(2,3)23-5;/h10H,6-9,11-12H2,1-5H3,(H,17,18);1H. The van der Waals surface area contributed by atoms with Crippen molar-refractivity contribution in [1.82, 2.24) is 20.3 Å². The fraction of sp³-hybridized carbons (Fsp3) is 0.750. The van der Waals surface area contributed by atoms with Gasteiger partial charge in [0, 0.05) is 57.1 Å². The molecule has 0 aliphatic carbocycles. The minimum Gasteiger partial charge on any atom is -0.361 e. The second kappa shape index (κ2) is 9.86. The Morgan fingerprint density at radius 1 is 1.38 bits per heavy atom. The van der Waals surface area contributed by atoms with Gasteiger partial charge in [0.05, 0.1) is 5.69 Å². The molecule has 0 radical (unpaired) electrons. The number of aryl methyl sites for hydroxylation is 1. The van der Waals surface area contributed by atoms with Gasteiger partial charge >= 0.3 is 0 Å². The predicted octanol–water partition coefficient (Wildman–Crippen LogP) is 2.44. The molecule has 24 heavy (non-hydrogen) atoms. The van der Waals surface area contributed by atoms with Gasteiger partial charge < -0.3 is 14.7 Å². The Balaban J connectivity index is 0.00000288. The van der Waals surface area contributed by atoms with Crippen molar-refractivity contribution in [2.24, 2.45) is 4.99 Å². The largest absolute Gasteiger partial charge is 0.361 e. The van der Waals surface area contributed by atoms with Crippen LogP contribution in [0.15, 0.2) is 15.6 Å². The molecule has 138 valence electrons. The molecule has 1 saturated heterocycles. The van der Waals surface area contributed by atoms with Gasteiger partial charge in [0.15, 0.2) is 5.96 Å². The maximum atomic E-state index is 5.14. The summed E-state index contributed by atoms with van der Waals surface area (Å²) in [6.45, 7) is 12.2. The number of piperazine rings is 1. The zero-order valence-corrected chi connectivity index (χ0v) is 18.5. The normalized spacial score (nSPS) is 16.9. The Labute approximate surface area is 166 Å². The van der Waals surface area contributed by atoms with E-state index in [0.29, 0.717) is 0 Å². The molecule has 0 atom stereocenters. The van der Waals surface area contributed by atoms with Crippen LogP contribution in [-0.4, -0.2) is 71.7 Å². The number of hydrogen-bond acceptors (Lipinski definition) is 5. The summed E-state index contributed by atoms with van der Waals surface area (Å²) in [5, 5.41) is 7.58. The lowest BCUT2D eigenvalue weighted by Gasteiger charge is -2.37. The van der Waals surface area contributed by atoms with Gasteiger partial charge in [-0.3, -0.25) is 9.89 Å². The Hall–Kier alpha value is -0.480. The van der Waals surface area contributed by atoms with Crippen molar-refractivity contribution >= 4 is 41.7 Å². The number of halogens is 1. The third-order valence-corrected chi connectivity index (χ3v) is 5.42. The number of aromatic nitrogens is 1. The number of hydrogen-bond donors (Lipinski definition) is 1. The van der Waals surface area contributed by atoms with Crippen molar-refractivity contribution in [2.75, 3.05) is 46.0 Å². The summed E-state index contributed by atoms with van der Waals surface area (Å²) in [5.41, 5.74) is 1.01. The lowest BCUT2D eigenvalue weighted by molar-refractivity contribution is 0.169. The molecule has 1 aromatic heterocycles. The second-order valence-electron chi connectivity index (χ2n) is 6.56. The molecular formula is C16H30IN5OS. The van der Waals surface area contributed by atoms with Crippen LogP contribution in [0.2, 0.25) is 0 Å². The monoisotopic (exact) mass is 467 g/mol. The molecule has 2 rings (SSSR count). The Bertz CT molecular complexity index is 526. The van der Waals surface area contributed by atoms with E-state index in [2.05, 4.69) is 45.4 Å². The minimum absolute atomic E-state index is 0. The van der Waals surface area contributed by atoms with Crippen molar-refractivity contribution in [3.8, 4) is 0 Å². The van der Waals surface area contributed by atoms with Gasteiger partial charge in [-0.25, -0.2) is 0 Å². The first-order valence-corrected chi connectivity index (χ1v) is 9.31. The average molecular weight is 467 g/mol. The molecule has 8 heteroatoms. The SMILES string of the molecule is CN=C(NCC(C)(C)SC)N1CCN(Cc2cc(C)on2)CC1.I. The van der Waals surface area contributed by atoms with Crippen molar-refractivity contribution < 1.29 is 4.52 Å². The molecule has 0 aromatic carbocycles. The van der Waals surface area contributed by atoms with Crippen LogP contribution in [0.4, 0.5) is 0 Å². The third kappa shape index (κ3) is 6.44. The highest BCUT2D eigenvalue weighted by atomic mass is 127. The smallest absolute Gasteiger partial charge is 0.193 e. The molecule has 0 bridgehead atoms. The number of aliphatic imine (C=N–C) groups is 1. The molecule has 2 heterocycles. The molecule has 1 N–H and O–H groups in total. The first kappa shape index (κ1) is 21.6. The summed E-state index contributed by atoms with van der Waals surface area (Å²) in [6, 6.07) is 2.01. The highest BCUT2D eigenvalue weighted by molar-refractivity contribution is 14.0. The van der Waals surface area contributed by atoms with Crippen LogP contribution in [0.1, 0.15) is 25.3 Å². The summed E-state index contributed by atoms with van der Waals surface area (Å²) < 4.78 is 5.35. The summed E-state index contributed by atoms with van der Waals surface area (Å²) in [5.74, 6) is 1.88. The number of rotatable bonds is 5. The van der Waals surface area contributed by atoms with Crippen LogP contribution < -0.4 is 5.32 Å². The predicted molar refractivity (Wildman–Crippen MR) is 112 cm³/mol. The fourth-order valence-corrected chi connectivity index (χ4v) is 2.75. The first-order chi connectivity index (χ1) is 10.9. The quantitative estimate of drug-likeness (QED) is 0.408. The van der Waals surface area contributed by atoms with E-state index in [-0.39, 0.29) is 28.7 Å². The average Bonchev–Trinajstić information content (AvgIpc) is 2.94. The minimum atomic E-state index is 0. The van der Waals surface area contributed by atoms with Crippen molar-refractivity contribution in [1.29, 1.82) is 0 Å². The summed E-state index contributed by atoms with van der Waals surface area (Å²) >= 11 is 1.87. The molecule has 1 fully saturated rings. The van der Waals surface area contributed by atoms with E-state index >= 15 is 0 Å². The van der Waals surface area contributed by atoms with E-state index in [9.17, 15) is 0 Å². The summed E-state index contributed by atoms with van der Waals surface area (Å²) in [7, 11) is 1.86. The van der Waals surface area contributed by atoms with Gasteiger partial charge in [-0.1, -0.05) is 5.16 Å². The number of nitrogens with zero attached hydrogens (tertiary/aromatic N) is 4. The highest BCUT2D eigenvalue weighted by Gasteiger charge is 2.22. The third-order valence-electron chi connectivity index (χ3n) is 4.17. The van der Waals surface area contributed by atoms with Crippen LogP contribution >= 0.6 is 35.7 Å². The van der Waals surface area contributed by atoms with Crippen molar-refractivity contribution in [3.63, 3.8) is 0 Å². The molecular weight excluding hydrogens is 437 g/mol. The maximum absolute atomic E-state index is 5.14. The van der Waals surface area contributed by atoms with E-state index in [1.807, 2.05) is 31.8 Å². The summed E-state index contributed by atoms with van der Waals surface area (Å²) in [6.07, 6.45) is 2.15. The highest BCUT2D eigenvalue weighted by Crippen LogP contribution is 2.19. The zero-order chi connectivity index (χ0) is 16.9. The first-order valence-electron chi connectivity index (χ1n) is 8.09. The lowest BCUT2D eigenvalue weighted by atomic mass is 10.2. The van der Waals surface area contributed by atoms with Gasteiger partial charge in [0.2, 0.25) is 0 Å². The Kier molecular flexibility index (Phi) is 8.86. The van der Waals surface area contributed by atoms with E-state index in [1.165, 1.54) is 0 Å². The number of nitrogens with one attached hydrogen (secondary N) is 1. The van der Waals surface area contributed by atoms with Crippen LogP contribution in [0.25, 0.3) is 0 Å². The van der Waals surface area contributed by atoms with Crippen LogP contribution in [0.5, 0.6) is 0 Å². The van der Waals surface area contributed by atoms with E-state index in [4.69, 9.17) is 4.52 Å². The maximum Gasteiger partial charge on any atom is 0.193 e. The van der Waals surface area contributed by atoms with Crippen LogP contribution in [-0.2, 0) is 6.54 Å². The van der Waals surface area contributed by atoms with Gasteiger partial charge in [0.25, 0.3) is 0 Å². The number of thioether (sulfide) groups is 1. The molecule has 6 nitrogen and oxygen atoms in total. The van der Waals surface area contributed by atoms with Gasteiger partial charge in [-0.2, -0.15) is 11.8 Å². The van der Waals surface area contributed by atoms with Crippen molar-refractivity contribution in [3.05, 3.63) is 17.5 Å². The molecule has 1 aliphatic heterocycles. The van der Waals surface area contributed by atoms with E-state index < -0.39 is 0 Å².